The van der Waals surface area contributed by atoms with Crippen LogP contribution in [-0.4, -0.2) is 31.6 Å². The summed E-state index contributed by atoms with van der Waals surface area (Å²) in [5.74, 6) is -0.0752. The van der Waals surface area contributed by atoms with Gasteiger partial charge in [-0.25, -0.2) is 0 Å². The molecule has 0 fully saturated rings. The molecule has 0 radical (unpaired) electrons. The Morgan fingerprint density at radius 1 is 1.42 bits per heavy atom. The van der Waals surface area contributed by atoms with Crippen LogP contribution in [0.15, 0.2) is 18.2 Å². The summed E-state index contributed by atoms with van der Waals surface area (Å²) >= 11 is 0. The Bertz CT molecular complexity index is 499. The second-order valence-electron chi connectivity index (χ2n) is 4.34. The molecular formula is C14H18N2O3. The van der Waals surface area contributed by atoms with E-state index in [4.69, 9.17) is 4.74 Å². The molecule has 0 bridgehead atoms. The Labute approximate surface area is 112 Å². The molecule has 19 heavy (non-hydrogen) atoms. The van der Waals surface area contributed by atoms with Gasteiger partial charge >= 0.3 is 0 Å². The number of fused-ring (bicyclic) bond motifs is 1. The molecule has 0 saturated heterocycles. The molecular weight excluding hydrogens is 244 g/mol. The van der Waals surface area contributed by atoms with E-state index in [9.17, 15) is 9.59 Å². The molecule has 2 amide bonds. The van der Waals surface area contributed by atoms with Crippen molar-refractivity contribution in [2.45, 2.75) is 20.3 Å². The zero-order valence-corrected chi connectivity index (χ0v) is 11.2. The quantitative estimate of drug-likeness (QED) is 0.876. The number of ether oxygens (including phenoxy) is 1. The fourth-order valence-corrected chi connectivity index (χ4v) is 2.20. The van der Waals surface area contributed by atoms with Crippen LogP contribution in [0.4, 0.5) is 11.4 Å². The smallest absolute Gasteiger partial charge is 0.250 e. The molecule has 1 aromatic rings. The van der Waals surface area contributed by atoms with Crippen molar-refractivity contribution in [2.75, 3.05) is 30.0 Å². The Hall–Kier alpha value is -1.88. The molecule has 2 rings (SSSR count). The third-order valence-electron chi connectivity index (χ3n) is 3.05. The Morgan fingerprint density at radius 2 is 2.21 bits per heavy atom. The molecule has 0 saturated carbocycles. The fourth-order valence-electron chi connectivity index (χ4n) is 2.20. The highest BCUT2D eigenvalue weighted by Gasteiger charge is 2.25. The van der Waals surface area contributed by atoms with Gasteiger partial charge < -0.3 is 15.0 Å². The number of hydrogen-bond acceptors (Lipinski definition) is 3. The average Bonchev–Trinajstić information content (AvgIpc) is 2.70. The van der Waals surface area contributed by atoms with Crippen LogP contribution < -0.4 is 10.2 Å². The van der Waals surface area contributed by atoms with E-state index in [-0.39, 0.29) is 18.4 Å². The van der Waals surface area contributed by atoms with Gasteiger partial charge in [0, 0.05) is 24.5 Å². The molecule has 0 aromatic heterocycles. The van der Waals surface area contributed by atoms with Gasteiger partial charge in [0.2, 0.25) is 11.8 Å². The lowest BCUT2D eigenvalue weighted by Gasteiger charge is -2.14. The average molecular weight is 262 g/mol. The third-order valence-corrected chi connectivity index (χ3v) is 3.05. The minimum atomic E-state index is -0.182. The van der Waals surface area contributed by atoms with E-state index in [0.29, 0.717) is 25.3 Å². The third kappa shape index (κ3) is 2.93. The van der Waals surface area contributed by atoms with Gasteiger partial charge in [-0.05, 0) is 37.6 Å². The first-order chi connectivity index (χ1) is 9.15. The molecule has 0 unspecified atom stereocenters. The van der Waals surface area contributed by atoms with Crippen LogP contribution in [0.1, 0.15) is 19.4 Å². The van der Waals surface area contributed by atoms with Crippen LogP contribution >= 0.6 is 0 Å². The topological polar surface area (TPSA) is 58.6 Å². The summed E-state index contributed by atoms with van der Waals surface area (Å²) in [5, 5.41) is 2.76. The number of nitrogens with zero attached hydrogens (tertiary/aromatic N) is 1. The maximum atomic E-state index is 11.8. The summed E-state index contributed by atoms with van der Waals surface area (Å²) in [5.41, 5.74) is 2.60. The first-order valence-electron chi connectivity index (χ1n) is 6.46. The van der Waals surface area contributed by atoms with Crippen molar-refractivity contribution in [1.82, 2.24) is 0 Å². The summed E-state index contributed by atoms with van der Waals surface area (Å²) in [4.78, 5) is 25.0. The van der Waals surface area contributed by atoms with E-state index in [2.05, 4.69) is 5.32 Å². The summed E-state index contributed by atoms with van der Waals surface area (Å²) in [6, 6.07) is 5.54. The van der Waals surface area contributed by atoms with Crippen molar-refractivity contribution >= 4 is 23.2 Å². The molecule has 0 aliphatic carbocycles. The Kier molecular flexibility index (Phi) is 4.16. The maximum absolute atomic E-state index is 11.8. The number of carbonyl (C=O) groups is 2. The van der Waals surface area contributed by atoms with Crippen LogP contribution in [0.5, 0.6) is 0 Å². The van der Waals surface area contributed by atoms with Gasteiger partial charge in [0.25, 0.3) is 0 Å². The number of nitrogens with one attached hydrogen (secondary N) is 1. The van der Waals surface area contributed by atoms with Crippen molar-refractivity contribution in [1.29, 1.82) is 0 Å². The minimum Gasteiger partial charge on any atom is -0.372 e. The first kappa shape index (κ1) is 13.5. The van der Waals surface area contributed by atoms with Crippen LogP contribution in [-0.2, 0) is 20.7 Å². The zero-order valence-electron chi connectivity index (χ0n) is 11.2. The number of amides is 2. The second kappa shape index (κ2) is 5.84. The van der Waals surface area contributed by atoms with Crippen molar-refractivity contribution in [2.24, 2.45) is 0 Å². The van der Waals surface area contributed by atoms with Crippen LogP contribution in [0.2, 0.25) is 0 Å². The number of benzene rings is 1. The van der Waals surface area contributed by atoms with Gasteiger partial charge in [-0.3, -0.25) is 9.59 Å². The molecule has 1 N–H and O–H groups in total. The SMILES string of the molecule is CCOCC(=O)Nc1ccc2c(c1)CC(=O)N2CC. The van der Waals surface area contributed by atoms with Gasteiger partial charge in [0.15, 0.2) is 0 Å². The normalized spacial score (nSPS) is 13.6. The second-order valence-corrected chi connectivity index (χ2v) is 4.34. The van der Waals surface area contributed by atoms with Gasteiger partial charge in [0.05, 0.1) is 6.42 Å². The van der Waals surface area contributed by atoms with E-state index in [1.165, 1.54) is 0 Å². The highest BCUT2D eigenvalue weighted by atomic mass is 16.5. The highest BCUT2D eigenvalue weighted by Crippen LogP contribution is 2.30. The zero-order chi connectivity index (χ0) is 13.8. The number of hydrogen-bond donors (Lipinski definition) is 1. The van der Waals surface area contributed by atoms with E-state index in [1.54, 1.807) is 4.90 Å². The molecule has 1 heterocycles. The van der Waals surface area contributed by atoms with Crippen molar-refractivity contribution < 1.29 is 14.3 Å². The molecule has 1 aliphatic rings. The highest BCUT2D eigenvalue weighted by molar-refractivity contribution is 6.02. The van der Waals surface area contributed by atoms with E-state index in [1.807, 2.05) is 32.0 Å². The summed E-state index contributed by atoms with van der Waals surface area (Å²) in [6.45, 7) is 5.02. The van der Waals surface area contributed by atoms with Gasteiger partial charge in [-0.15, -0.1) is 0 Å². The number of anilines is 2. The largest absolute Gasteiger partial charge is 0.372 e. The number of carbonyl (C=O) groups excluding carboxylic acids is 2. The summed E-state index contributed by atoms with van der Waals surface area (Å²) in [6.07, 6.45) is 0.401. The summed E-state index contributed by atoms with van der Waals surface area (Å²) in [7, 11) is 0. The van der Waals surface area contributed by atoms with E-state index in [0.717, 1.165) is 11.3 Å². The number of likely N-dealkylation sites (N-methyl/N-ethyl adjacent to an activating group) is 1. The molecule has 5 nitrogen and oxygen atoms in total. The lowest BCUT2D eigenvalue weighted by atomic mass is 10.1. The molecule has 102 valence electrons. The fraction of sp³-hybridized carbons (Fsp3) is 0.429. The first-order valence-corrected chi connectivity index (χ1v) is 6.46. The van der Waals surface area contributed by atoms with Crippen LogP contribution in [0.3, 0.4) is 0 Å². The maximum Gasteiger partial charge on any atom is 0.250 e. The molecule has 0 spiro atoms. The molecule has 0 atom stereocenters. The lowest BCUT2D eigenvalue weighted by molar-refractivity contribution is -0.120. The lowest BCUT2D eigenvalue weighted by Crippen LogP contribution is -2.25. The van der Waals surface area contributed by atoms with Gasteiger partial charge in [-0.2, -0.15) is 0 Å². The van der Waals surface area contributed by atoms with E-state index >= 15 is 0 Å². The Morgan fingerprint density at radius 3 is 2.89 bits per heavy atom. The van der Waals surface area contributed by atoms with Crippen molar-refractivity contribution in [3.63, 3.8) is 0 Å². The predicted molar refractivity (Wildman–Crippen MR) is 73.3 cm³/mol. The predicted octanol–water partition coefficient (Wildman–Crippen LogP) is 1.57. The van der Waals surface area contributed by atoms with Gasteiger partial charge in [0.1, 0.15) is 6.61 Å². The number of rotatable bonds is 5. The minimum absolute atomic E-state index is 0.0492. The Balaban J connectivity index is 2.09. The van der Waals surface area contributed by atoms with Crippen LogP contribution in [0.25, 0.3) is 0 Å². The van der Waals surface area contributed by atoms with Gasteiger partial charge in [-0.1, -0.05) is 0 Å². The molecule has 1 aromatic carbocycles. The summed E-state index contributed by atoms with van der Waals surface area (Å²) < 4.78 is 5.04. The molecule has 1 aliphatic heterocycles. The monoisotopic (exact) mass is 262 g/mol. The standard InChI is InChI=1S/C14H18N2O3/c1-3-16-12-6-5-11(7-10(12)8-14(16)18)15-13(17)9-19-4-2/h5-7H,3-4,8-9H2,1-2H3,(H,15,17). The van der Waals surface area contributed by atoms with Crippen molar-refractivity contribution in [3.05, 3.63) is 23.8 Å². The molecule has 5 heteroatoms. The van der Waals surface area contributed by atoms with Crippen LogP contribution in [0, 0.1) is 0 Å². The van der Waals surface area contributed by atoms with Crippen molar-refractivity contribution in [3.8, 4) is 0 Å². The van der Waals surface area contributed by atoms with E-state index < -0.39 is 0 Å².